The molecule has 0 fully saturated rings. The predicted molar refractivity (Wildman–Crippen MR) is 85.7 cm³/mol. The second kappa shape index (κ2) is 7.09. The van der Waals surface area contributed by atoms with E-state index in [0.29, 0.717) is 10.5 Å². The van der Waals surface area contributed by atoms with Crippen LogP contribution in [0.1, 0.15) is 73.6 Å². The van der Waals surface area contributed by atoms with Crippen molar-refractivity contribution in [2.75, 3.05) is 6.61 Å². The molecule has 1 nitrogen and oxygen atoms in total. The standard InChI is InChI=1S/C16H36OSi/c1-15(2,3)13-11-9-10-12-14-17-18(7,8)16(4,5)6/h9-14H2,1-8H3. The fraction of sp³-hybridized carbons (Fsp3) is 1.00. The average Bonchev–Trinajstić information content (AvgIpc) is 2.12. The molecule has 110 valence electrons. The Balaban J connectivity index is 3.58. The van der Waals surface area contributed by atoms with E-state index in [9.17, 15) is 0 Å². The highest BCUT2D eigenvalue weighted by molar-refractivity contribution is 6.74. The topological polar surface area (TPSA) is 9.23 Å². The molecule has 0 N–H and O–H groups in total. The SMILES string of the molecule is CC(C)(C)CCCCCCO[Si](C)(C)C(C)(C)C. The summed E-state index contributed by atoms with van der Waals surface area (Å²) >= 11 is 0. The van der Waals surface area contributed by atoms with Gasteiger partial charge in [-0.2, -0.15) is 0 Å². The van der Waals surface area contributed by atoms with Gasteiger partial charge >= 0.3 is 0 Å². The van der Waals surface area contributed by atoms with Crippen molar-refractivity contribution in [1.82, 2.24) is 0 Å². The smallest absolute Gasteiger partial charge is 0.191 e. The van der Waals surface area contributed by atoms with Crippen molar-refractivity contribution in [2.45, 2.75) is 91.8 Å². The second-order valence-electron chi connectivity index (χ2n) is 8.33. The van der Waals surface area contributed by atoms with E-state index in [0.717, 1.165) is 6.61 Å². The van der Waals surface area contributed by atoms with E-state index < -0.39 is 8.32 Å². The van der Waals surface area contributed by atoms with Crippen molar-refractivity contribution in [3.05, 3.63) is 0 Å². The molecule has 0 rings (SSSR count). The van der Waals surface area contributed by atoms with Gasteiger partial charge in [-0.05, 0) is 36.4 Å². The van der Waals surface area contributed by atoms with Gasteiger partial charge in [0.25, 0.3) is 0 Å². The van der Waals surface area contributed by atoms with Crippen LogP contribution in [-0.4, -0.2) is 14.9 Å². The summed E-state index contributed by atoms with van der Waals surface area (Å²) in [7, 11) is -1.50. The molecule has 0 aliphatic rings. The molecule has 0 unspecified atom stereocenters. The van der Waals surface area contributed by atoms with Crippen molar-refractivity contribution in [1.29, 1.82) is 0 Å². The lowest BCUT2D eigenvalue weighted by Gasteiger charge is -2.36. The first-order chi connectivity index (χ1) is 7.96. The van der Waals surface area contributed by atoms with E-state index in [4.69, 9.17) is 4.43 Å². The normalized spacial score (nSPS) is 14.0. The summed E-state index contributed by atoms with van der Waals surface area (Å²) in [6, 6.07) is 0. The van der Waals surface area contributed by atoms with Gasteiger partial charge in [0.15, 0.2) is 8.32 Å². The van der Waals surface area contributed by atoms with Gasteiger partial charge in [-0.1, -0.05) is 60.8 Å². The third kappa shape index (κ3) is 8.31. The van der Waals surface area contributed by atoms with Gasteiger partial charge in [0.05, 0.1) is 0 Å². The Labute approximate surface area is 117 Å². The summed E-state index contributed by atoms with van der Waals surface area (Å²) in [5.74, 6) is 0. The second-order valence-corrected chi connectivity index (χ2v) is 13.1. The van der Waals surface area contributed by atoms with E-state index in [1.807, 2.05) is 0 Å². The van der Waals surface area contributed by atoms with Crippen LogP contribution in [-0.2, 0) is 4.43 Å². The molecule has 0 saturated heterocycles. The Hall–Kier alpha value is 0.177. The summed E-state index contributed by atoms with van der Waals surface area (Å²) in [6.07, 6.45) is 6.62. The molecular weight excluding hydrogens is 236 g/mol. The van der Waals surface area contributed by atoms with Crippen molar-refractivity contribution in [2.24, 2.45) is 5.41 Å². The molecule has 0 aliphatic carbocycles. The number of rotatable bonds is 7. The van der Waals surface area contributed by atoms with Gasteiger partial charge in [-0.25, -0.2) is 0 Å². The molecule has 2 heteroatoms. The molecule has 0 aliphatic heterocycles. The summed E-state index contributed by atoms with van der Waals surface area (Å²) in [5.41, 5.74) is 0.498. The van der Waals surface area contributed by atoms with Crippen LogP contribution in [0.5, 0.6) is 0 Å². The maximum Gasteiger partial charge on any atom is 0.191 e. The van der Waals surface area contributed by atoms with Gasteiger partial charge in [0.2, 0.25) is 0 Å². The molecule has 0 heterocycles. The van der Waals surface area contributed by atoms with Crippen molar-refractivity contribution in [3.63, 3.8) is 0 Å². The third-order valence-corrected chi connectivity index (χ3v) is 8.63. The Morgan fingerprint density at radius 3 is 1.72 bits per heavy atom. The minimum absolute atomic E-state index is 0.346. The zero-order chi connectivity index (χ0) is 14.4. The fourth-order valence-electron chi connectivity index (χ4n) is 1.65. The highest BCUT2D eigenvalue weighted by Gasteiger charge is 2.36. The lowest BCUT2D eigenvalue weighted by molar-refractivity contribution is 0.275. The minimum Gasteiger partial charge on any atom is -0.417 e. The van der Waals surface area contributed by atoms with Crippen LogP contribution < -0.4 is 0 Å². The van der Waals surface area contributed by atoms with Crippen LogP contribution in [0.2, 0.25) is 18.1 Å². The minimum atomic E-state index is -1.50. The van der Waals surface area contributed by atoms with E-state index in [1.54, 1.807) is 0 Å². The molecule has 18 heavy (non-hydrogen) atoms. The Morgan fingerprint density at radius 1 is 0.778 bits per heavy atom. The Kier molecular flexibility index (Phi) is 7.16. The van der Waals surface area contributed by atoms with Gasteiger partial charge in [0, 0.05) is 6.61 Å². The highest BCUT2D eigenvalue weighted by Crippen LogP contribution is 2.36. The van der Waals surface area contributed by atoms with Gasteiger partial charge in [0.1, 0.15) is 0 Å². The maximum absolute atomic E-state index is 6.18. The van der Waals surface area contributed by atoms with E-state index in [-0.39, 0.29) is 0 Å². The van der Waals surface area contributed by atoms with Crippen molar-refractivity contribution in [3.8, 4) is 0 Å². The summed E-state index contributed by atoms with van der Waals surface area (Å²) in [6.45, 7) is 19.5. The van der Waals surface area contributed by atoms with Crippen LogP contribution >= 0.6 is 0 Å². The lowest BCUT2D eigenvalue weighted by atomic mass is 9.89. The van der Waals surface area contributed by atoms with Crippen LogP contribution in [0, 0.1) is 5.41 Å². The molecule has 0 amide bonds. The first kappa shape index (κ1) is 18.2. The molecule has 0 aromatic heterocycles. The van der Waals surface area contributed by atoms with Crippen LogP contribution in [0.4, 0.5) is 0 Å². The first-order valence-electron chi connectivity index (χ1n) is 7.60. The molecule has 0 spiro atoms. The number of hydrogen-bond donors (Lipinski definition) is 0. The van der Waals surface area contributed by atoms with Crippen LogP contribution in [0.15, 0.2) is 0 Å². The molecule has 0 bridgehead atoms. The highest BCUT2D eigenvalue weighted by atomic mass is 28.4. The van der Waals surface area contributed by atoms with Crippen molar-refractivity contribution < 1.29 is 4.43 Å². The van der Waals surface area contributed by atoms with Gasteiger partial charge in [-0.3, -0.25) is 0 Å². The third-order valence-electron chi connectivity index (χ3n) is 4.09. The van der Waals surface area contributed by atoms with Gasteiger partial charge < -0.3 is 4.43 Å². The Morgan fingerprint density at radius 2 is 1.28 bits per heavy atom. The average molecular weight is 273 g/mol. The first-order valence-corrected chi connectivity index (χ1v) is 10.5. The van der Waals surface area contributed by atoms with E-state index >= 15 is 0 Å². The molecule has 0 saturated carbocycles. The molecule has 0 radical (unpaired) electrons. The van der Waals surface area contributed by atoms with E-state index in [2.05, 4.69) is 54.6 Å². The zero-order valence-corrected chi connectivity index (χ0v) is 15.2. The van der Waals surface area contributed by atoms with Gasteiger partial charge in [-0.15, -0.1) is 0 Å². The molecule has 0 atom stereocenters. The van der Waals surface area contributed by atoms with Crippen LogP contribution in [0.3, 0.4) is 0 Å². The lowest BCUT2D eigenvalue weighted by Crippen LogP contribution is -2.40. The zero-order valence-electron chi connectivity index (χ0n) is 14.2. The van der Waals surface area contributed by atoms with Crippen LogP contribution in [0.25, 0.3) is 0 Å². The summed E-state index contributed by atoms with van der Waals surface area (Å²) in [5, 5.41) is 0.346. The fourth-order valence-corrected chi connectivity index (χ4v) is 2.74. The van der Waals surface area contributed by atoms with Crippen molar-refractivity contribution >= 4 is 8.32 Å². The maximum atomic E-state index is 6.18. The molecule has 0 aromatic rings. The molecule has 0 aromatic carbocycles. The summed E-state index contributed by atoms with van der Waals surface area (Å²) in [4.78, 5) is 0. The Bertz CT molecular complexity index is 220. The largest absolute Gasteiger partial charge is 0.417 e. The molecular formula is C16H36OSi. The monoisotopic (exact) mass is 272 g/mol. The summed E-state index contributed by atoms with van der Waals surface area (Å²) < 4.78 is 6.18. The van der Waals surface area contributed by atoms with E-state index in [1.165, 1.54) is 32.1 Å². The predicted octanol–water partition coefficient (Wildman–Crippen LogP) is 6.00. The number of hydrogen-bond acceptors (Lipinski definition) is 1. The number of unbranched alkanes of at least 4 members (excludes halogenated alkanes) is 3. The quantitative estimate of drug-likeness (QED) is 0.407.